The zero-order valence-corrected chi connectivity index (χ0v) is 17.4. The number of likely N-dealkylation sites (N-methyl/N-ethyl adjacent to an activating group) is 1. The molecule has 2 aromatic heterocycles. The molecule has 1 saturated heterocycles. The fourth-order valence-corrected chi connectivity index (χ4v) is 4.27. The van der Waals surface area contributed by atoms with E-state index in [0.29, 0.717) is 54.1 Å². The highest BCUT2D eigenvalue weighted by Crippen LogP contribution is 2.42. The first-order valence-corrected chi connectivity index (χ1v) is 10.3. The van der Waals surface area contributed by atoms with Crippen molar-refractivity contribution in [1.29, 1.82) is 0 Å². The van der Waals surface area contributed by atoms with E-state index in [1.54, 1.807) is 18.1 Å². The van der Waals surface area contributed by atoms with E-state index < -0.39 is 11.4 Å². The number of rotatable bonds is 4. The Kier molecular flexibility index (Phi) is 5.35. The summed E-state index contributed by atoms with van der Waals surface area (Å²) in [6.45, 7) is 3.27. The average Bonchev–Trinajstić information content (AvgIpc) is 2.78. The predicted molar refractivity (Wildman–Crippen MR) is 114 cm³/mol. The van der Waals surface area contributed by atoms with Crippen molar-refractivity contribution < 1.29 is 13.9 Å². The minimum Gasteiger partial charge on any atom is -0.396 e. The molecule has 0 aromatic carbocycles. The van der Waals surface area contributed by atoms with E-state index in [2.05, 4.69) is 9.97 Å². The van der Waals surface area contributed by atoms with Crippen LogP contribution in [-0.2, 0) is 9.53 Å². The van der Waals surface area contributed by atoms with E-state index in [1.165, 1.54) is 12.1 Å². The van der Waals surface area contributed by atoms with E-state index in [-0.39, 0.29) is 11.6 Å². The smallest absolute Gasteiger partial charge is 0.255 e. The highest BCUT2D eigenvalue weighted by atomic mass is 32.2. The van der Waals surface area contributed by atoms with Crippen LogP contribution < -0.4 is 20.7 Å². The maximum atomic E-state index is 13.2. The lowest BCUT2D eigenvalue weighted by molar-refractivity contribution is -0.128. The van der Waals surface area contributed by atoms with Crippen LogP contribution in [0.2, 0.25) is 0 Å². The zero-order valence-electron chi connectivity index (χ0n) is 16.6. The standard InChI is InChI=1S/C19H22FN7O2S/c1-3-19-10-29-7-6-27(19)17-13(26(2)18(19)28)9-24-16(25-17)15(30-22)14(21)12-5-4-11(20)8-23-12/h4-5,8-9H,3,6-7,10,21-22H2,1-2H3/b15-14-. The molecule has 30 heavy (non-hydrogen) atoms. The number of anilines is 2. The number of hydrogen-bond donors (Lipinski definition) is 2. The summed E-state index contributed by atoms with van der Waals surface area (Å²) >= 11 is 0.889. The van der Waals surface area contributed by atoms with E-state index in [1.807, 2.05) is 11.8 Å². The first-order chi connectivity index (χ1) is 14.4. The Morgan fingerprint density at radius 3 is 2.83 bits per heavy atom. The molecule has 11 heteroatoms. The molecule has 1 amide bonds. The van der Waals surface area contributed by atoms with Crippen LogP contribution >= 0.6 is 11.9 Å². The van der Waals surface area contributed by atoms with Gasteiger partial charge in [0.05, 0.1) is 41.9 Å². The Labute approximate surface area is 177 Å². The number of amides is 1. The molecule has 0 radical (unpaired) electrons. The summed E-state index contributed by atoms with van der Waals surface area (Å²) in [5.41, 5.74) is 6.66. The lowest BCUT2D eigenvalue weighted by Crippen LogP contribution is -2.68. The van der Waals surface area contributed by atoms with Crippen molar-refractivity contribution in [2.24, 2.45) is 10.9 Å². The first kappa shape index (κ1) is 20.5. The summed E-state index contributed by atoms with van der Waals surface area (Å²) in [6, 6.07) is 2.74. The Morgan fingerprint density at radius 2 is 2.17 bits per heavy atom. The molecule has 158 valence electrons. The third-order valence-electron chi connectivity index (χ3n) is 5.54. The van der Waals surface area contributed by atoms with Crippen molar-refractivity contribution in [1.82, 2.24) is 15.0 Å². The maximum Gasteiger partial charge on any atom is 0.255 e. The van der Waals surface area contributed by atoms with Crippen LogP contribution in [0.15, 0.2) is 24.5 Å². The number of aromatic nitrogens is 3. The van der Waals surface area contributed by atoms with Gasteiger partial charge >= 0.3 is 0 Å². The van der Waals surface area contributed by atoms with Gasteiger partial charge in [0, 0.05) is 13.6 Å². The number of halogens is 1. The van der Waals surface area contributed by atoms with Crippen molar-refractivity contribution in [2.45, 2.75) is 18.9 Å². The molecule has 9 nitrogen and oxygen atoms in total. The molecule has 0 bridgehead atoms. The molecule has 1 atom stereocenters. The van der Waals surface area contributed by atoms with Crippen molar-refractivity contribution in [3.63, 3.8) is 0 Å². The van der Waals surface area contributed by atoms with Crippen LogP contribution in [0.5, 0.6) is 0 Å². The highest BCUT2D eigenvalue weighted by molar-refractivity contribution is 8.06. The molecule has 2 aromatic rings. The van der Waals surface area contributed by atoms with Crippen LogP contribution in [0.25, 0.3) is 10.6 Å². The van der Waals surface area contributed by atoms with Crippen LogP contribution in [-0.4, -0.2) is 53.2 Å². The number of ether oxygens (including phenoxy) is 1. The minimum atomic E-state index is -0.810. The Balaban J connectivity index is 1.84. The van der Waals surface area contributed by atoms with Gasteiger partial charge in [-0.1, -0.05) is 6.92 Å². The van der Waals surface area contributed by atoms with E-state index >= 15 is 0 Å². The maximum absolute atomic E-state index is 13.2. The highest BCUT2D eigenvalue weighted by Gasteiger charge is 2.52. The second-order valence-electron chi connectivity index (χ2n) is 7.08. The molecule has 2 aliphatic rings. The summed E-state index contributed by atoms with van der Waals surface area (Å²) in [5, 5.41) is 5.88. The third-order valence-corrected chi connectivity index (χ3v) is 6.18. The van der Waals surface area contributed by atoms with Crippen LogP contribution in [0.3, 0.4) is 0 Å². The van der Waals surface area contributed by atoms with Crippen molar-refractivity contribution in [3.05, 3.63) is 41.9 Å². The summed E-state index contributed by atoms with van der Waals surface area (Å²) < 4.78 is 18.9. The molecule has 2 aliphatic heterocycles. The number of pyridine rings is 1. The number of hydrogen-bond acceptors (Lipinski definition) is 9. The van der Waals surface area contributed by atoms with Gasteiger partial charge in [-0.05, 0) is 30.5 Å². The Bertz CT molecular complexity index is 1020. The number of nitrogens with zero attached hydrogens (tertiary/aromatic N) is 5. The Morgan fingerprint density at radius 1 is 1.37 bits per heavy atom. The molecular weight excluding hydrogens is 409 g/mol. The number of morpholine rings is 1. The van der Waals surface area contributed by atoms with Crippen LogP contribution in [0.1, 0.15) is 24.9 Å². The molecule has 4 N–H and O–H groups in total. The van der Waals surface area contributed by atoms with Gasteiger partial charge in [0.25, 0.3) is 5.91 Å². The lowest BCUT2D eigenvalue weighted by atomic mass is 9.89. The van der Waals surface area contributed by atoms with Crippen LogP contribution in [0, 0.1) is 5.82 Å². The topological polar surface area (TPSA) is 123 Å². The SMILES string of the molecule is CCC12COCCN1c1nc(/C(SN)=C(/N)c3ccc(F)cn3)ncc1N(C)C2=O. The van der Waals surface area contributed by atoms with Gasteiger partial charge in [0.2, 0.25) is 0 Å². The normalized spacial score (nSPS) is 21.8. The fourth-order valence-electron chi connectivity index (χ4n) is 3.84. The molecule has 0 aliphatic carbocycles. The van der Waals surface area contributed by atoms with Gasteiger partial charge in [-0.2, -0.15) is 0 Å². The molecule has 4 rings (SSSR count). The quantitative estimate of drug-likeness (QED) is 0.691. The van der Waals surface area contributed by atoms with Gasteiger partial charge in [-0.3, -0.25) is 14.9 Å². The monoisotopic (exact) mass is 431 g/mol. The summed E-state index contributed by atoms with van der Waals surface area (Å²) in [5.74, 6) is 0.421. The van der Waals surface area contributed by atoms with E-state index in [0.717, 1.165) is 18.1 Å². The van der Waals surface area contributed by atoms with Gasteiger partial charge in [-0.25, -0.2) is 14.4 Å². The molecule has 0 saturated carbocycles. The van der Waals surface area contributed by atoms with Crippen molar-refractivity contribution in [2.75, 3.05) is 36.6 Å². The van der Waals surface area contributed by atoms with Crippen molar-refractivity contribution >= 4 is 40.0 Å². The first-order valence-electron chi connectivity index (χ1n) is 9.42. The summed E-state index contributed by atoms with van der Waals surface area (Å²) in [7, 11) is 1.71. The molecule has 0 spiro atoms. The minimum absolute atomic E-state index is 0.0486. The summed E-state index contributed by atoms with van der Waals surface area (Å²) in [4.78, 5) is 30.2. The average molecular weight is 431 g/mol. The van der Waals surface area contributed by atoms with Gasteiger partial charge < -0.3 is 20.3 Å². The fraction of sp³-hybridized carbons (Fsp3) is 0.368. The van der Waals surface area contributed by atoms with E-state index in [9.17, 15) is 9.18 Å². The van der Waals surface area contributed by atoms with Gasteiger partial charge in [0.15, 0.2) is 11.6 Å². The Hall–Kier alpha value is -2.76. The van der Waals surface area contributed by atoms with Gasteiger partial charge in [0.1, 0.15) is 17.0 Å². The lowest BCUT2D eigenvalue weighted by Gasteiger charge is -2.51. The molecule has 4 heterocycles. The summed E-state index contributed by atoms with van der Waals surface area (Å²) in [6.07, 6.45) is 3.25. The predicted octanol–water partition coefficient (Wildman–Crippen LogP) is 1.36. The second-order valence-corrected chi connectivity index (χ2v) is 7.72. The number of fused-ring (bicyclic) bond motifs is 3. The number of nitrogens with two attached hydrogens (primary N) is 2. The number of carbonyl (C=O) groups excluding carboxylic acids is 1. The van der Waals surface area contributed by atoms with Crippen LogP contribution in [0.4, 0.5) is 15.9 Å². The number of carbonyl (C=O) groups is 1. The molecule has 1 unspecified atom stereocenters. The van der Waals surface area contributed by atoms with Crippen molar-refractivity contribution in [3.8, 4) is 0 Å². The largest absolute Gasteiger partial charge is 0.396 e. The van der Waals surface area contributed by atoms with E-state index in [4.69, 9.17) is 20.6 Å². The third kappa shape index (κ3) is 3.09. The zero-order chi connectivity index (χ0) is 21.5. The van der Waals surface area contributed by atoms with Gasteiger partial charge in [-0.15, -0.1) is 0 Å². The molecule has 1 fully saturated rings. The second kappa shape index (κ2) is 7.82. The molecular formula is C19H22FN7O2S.